The Morgan fingerprint density at radius 1 is 0.295 bits per heavy atom. The van der Waals surface area contributed by atoms with Gasteiger partial charge in [-0.05, 0) is 164 Å². The monoisotopic (exact) mass is 1240 g/mol. The van der Waals surface area contributed by atoms with Crippen molar-refractivity contribution < 1.29 is 17.7 Å². The number of furan rings is 2. The largest absolute Gasteiger partial charge is 0.456 e. The average molecular weight is 1240 g/mol. The third-order valence-electron chi connectivity index (χ3n) is 18.0. The van der Waals surface area contributed by atoms with Crippen molar-refractivity contribution in [3.05, 3.63) is 320 Å². The Morgan fingerprint density at radius 3 is 1.36 bits per heavy atom. The van der Waals surface area contributed by atoms with E-state index >= 15 is 0 Å². The molecule has 0 unspecified atom stereocenters. The van der Waals surface area contributed by atoms with Gasteiger partial charge in [-0.1, -0.05) is 206 Å². The van der Waals surface area contributed by atoms with Crippen molar-refractivity contribution in [3.8, 4) is 22.9 Å². The highest BCUT2D eigenvalue weighted by molar-refractivity contribution is 6.32. The van der Waals surface area contributed by atoms with Gasteiger partial charge in [0.25, 0.3) is 0 Å². The molecule has 0 atom stereocenters. The summed E-state index contributed by atoms with van der Waals surface area (Å²) in [6.07, 6.45) is 0. The summed E-state index contributed by atoms with van der Waals surface area (Å²) in [5.41, 5.74) is 14.2. The van der Waals surface area contributed by atoms with Crippen LogP contribution in [0.15, 0.2) is 333 Å². The standard InChI is InChI=1S/C43H26N2O2.C22H15NO.C21H12ClNO/c1-2-10-30(11-3-1)43-44-37-23-20-29-18-17-28-19-21-31(25-35(28)41(29)42(37)47-43)45(38-15-8-12-27-9-4-5-13-33(27)38)32-22-24-40-36(26-32)34-14-6-7-16-39(34)46-40;1-2-8-17-15(6-1)7-5-10-20(17)23-16-12-13-22-19(14-16)18-9-3-4-11-21(18)24-22;22-16-10-8-13-6-7-14-9-11-18-20(19(14)17(13)12-16)24-21(23-18)15-4-2-1-3-5-15/h1-26H;1-14,23H;1-12H. The first-order chi connectivity index (χ1) is 47.0. The van der Waals surface area contributed by atoms with Crippen LogP contribution < -0.4 is 10.2 Å². The van der Waals surface area contributed by atoms with Gasteiger partial charge in [0, 0.05) is 82.0 Å². The summed E-state index contributed by atoms with van der Waals surface area (Å²) in [5.74, 6) is 1.26. The Morgan fingerprint density at radius 2 is 0.726 bits per heavy atom. The predicted molar refractivity (Wildman–Crippen MR) is 394 cm³/mol. The lowest BCUT2D eigenvalue weighted by Gasteiger charge is -2.27. The number of hydrogen-bond donors (Lipinski definition) is 1. The number of nitrogens with zero attached hydrogens (tertiary/aromatic N) is 3. The molecule has 0 bridgehead atoms. The first-order valence-corrected chi connectivity index (χ1v) is 32.0. The van der Waals surface area contributed by atoms with Crippen LogP contribution >= 0.6 is 11.6 Å². The maximum absolute atomic E-state index is 6.55. The van der Waals surface area contributed by atoms with Gasteiger partial charge in [-0.15, -0.1) is 0 Å². The van der Waals surface area contributed by atoms with E-state index in [1.807, 2.05) is 121 Å². The van der Waals surface area contributed by atoms with Crippen molar-refractivity contribution in [1.29, 1.82) is 0 Å². The smallest absolute Gasteiger partial charge is 0.227 e. The van der Waals surface area contributed by atoms with Crippen LogP contribution in [0, 0.1) is 0 Å². The molecule has 0 spiro atoms. The van der Waals surface area contributed by atoms with Crippen LogP contribution in [0.4, 0.5) is 28.4 Å². The van der Waals surface area contributed by atoms with Crippen molar-refractivity contribution in [1.82, 2.24) is 9.97 Å². The van der Waals surface area contributed by atoms with Gasteiger partial charge >= 0.3 is 0 Å². The Kier molecular flexibility index (Phi) is 13.4. The van der Waals surface area contributed by atoms with Crippen LogP contribution in [0.3, 0.4) is 0 Å². The Hall–Kier alpha value is -12.5. The van der Waals surface area contributed by atoms with Gasteiger partial charge in [-0.25, -0.2) is 9.97 Å². The Labute approximate surface area is 548 Å². The lowest BCUT2D eigenvalue weighted by atomic mass is 9.99. The van der Waals surface area contributed by atoms with Crippen LogP contribution in [0.1, 0.15) is 0 Å². The molecule has 4 aromatic heterocycles. The molecule has 20 aromatic rings. The SMILES string of the molecule is Clc1ccc2ccc3ccc4nc(-c5ccccc5)oc4c3c2c1.c1ccc(-c2nc3ccc4ccc5ccc(N(c6ccc7oc8ccccc8c7c6)c6cccc7ccccc67)cc5c4c3o2)cc1.c1ccc2c(Nc3ccc4oc5ccccc5c4c3)cccc2c1. The third-order valence-corrected chi connectivity index (χ3v) is 18.3. The fraction of sp³-hybridized carbons (Fsp3) is 0. The second-order valence-electron chi connectivity index (χ2n) is 23.8. The zero-order chi connectivity index (χ0) is 62.9. The zero-order valence-electron chi connectivity index (χ0n) is 50.9. The molecular formula is C86H53ClN4O4. The molecule has 0 saturated heterocycles. The molecule has 1 N–H and O–H groups in total. The number of rotatable bonds is 7. The number of fused-ring (bicyclic) bond motifs is 18. The van der Waals surface area contributed by atoms with Gasteiger partial charge in [0.05, 0.1) is 5.69 Å². The molecule has 0 amide bonds. The van der Waals surface area contributed by atoms with Crippen molar-refractivity contribution in [3.63, 3.8) is 0 Å². The molecule has 0 aliphatic carbocycles. The van der Waals surface area contributed by atoms with Gasteiger partial charge in [-0.2, -0.15) is 0 Å². The summed E-state index contributed by atoms with van der Waals surface area (Å²) < 4.78 is 24.8. The van der Waals surface area contributed by atoms with Gasteiger partial charge in [0.15, 0.2) is 11.2 Å². The maximum atomic E-state index is 6.55. The Balaban J connectivity index is 0.000000115. The van der Waals surface area contributed by atoms with E-state index in [1.54, 1.807) is 0 Å². The summed E-state index contributed by atoms with van der Waals surface area (Å²) in [4.78, 5) is 11.9. The van der Waals surface area contributed by atoms with Crippen LogP contribution in [-0.2, 0) is 0 Å². The minimum atomic E-state index is 0.624. The van der Waals surface area contributed by atoms with Crippen LogP contribution in [-0.4, -0.2) is 9.97 Å². The van der Waals surface area contributed by atoms with E-state index in [2.05, 4.69) is 209 Å². The van der Waals surface area contributed by atoms with Crippen molar-refractivity contribution in [2.75, 3.05) is 10.2 Å². The van der Waals surface area contributed by atoms with Crippen molar-refractivity contribution >= 4 is 171 Å². The summed E-state index contributed by atoms with van der Waals surface area (Å²) in [7, 11) is 0. The van der Waals surface area contributed by atoms with E-state index in [4.69, 9.17) is 34.3 Å². The molecule has 95 heavy (non-hydrogen) atoms. The van der Waals surface area contributed by atoms with Crippen LogP contribution in [0.2, 0.25) is 5.02 Å². The second kappa shape index (κ2) is 23.0. The maximum Gasteiger partial charge on any atom is 0.227 e. The molecule has 0 aliphatic heterocycles. The fourth-order valence-corrected chi connectivity index (χ4v) is 13.7. The van der Waals surface area contributed by atoms with E-state index < -0.39 is 0 Å². The highest BCUT2D eigenvalue weighted by atomic mass is 35.5. The van der Waals surface area contributed by atoms with Crippen molar-refractivity contribution in [2.24, 2.45) is 0 Å². The number of hydrogen-bond acceptors (Lipinski definition) is 8. The molecule has 0 saturated carbocycles. The number of oxazole rings is 2. The summed E-state index contributed by atoms with van der Waals surface area (Å²) in [6.45, 7) is 0. The van der Waals surface area contributed by atoms with E-state index in [0.717, 1.165) is 154 Å². The van der Waals surface area contributed by atoms with Gasteiger partial charge in [0.1, 0.15) is 33.4 Å². The fourth-order valence-electron chi connectivity index (χ4n) is 13.5. The van der Waals surface area contributed by atoms with E-state index in [0.29, 0.717) is 11.8 Å². The molecule has 4 heterocycles. The summed E-state index contributed by atoms with van der Waals surface area (Å²) >= 11 is 6.23. The van der Waals surface area contributed by atoms with E-state index in [9.17, 15) is 0 Å². The van der Waals surface area contributed by atoms with Crippen molar-refractivity contribution in [2.45, 2.75) is 0 Å². The van der Waals surface area contributed by atoms with E-state index in [-0.39, 0.29) is 0 Å². The lowest BCUT2D eigenvalue weighted by Crippen LogP contribution is -2.10. The van der Waals surface area contributed by atoms with Crippen LogP contribution in [0.25, 0.3) is 154 Å². The lowest BCUT2D eigenvalue weighted by molar-refractivity contribution is 0.623. The van der Waals surface area contributed by atoms with Gasteiger partial charge in [-0.3, -0.25) is 0 Å². The zero-order valence-corrected chi connectivity index (χ0v) is 51.6. The quantitative estimate of drug-likeness (QED) is 0.158. The molecule has 448 valence electrons. The van der Waals surface area contributed by atoms with Crippen LogP contribution in [0.5, 0.6) is 0 Å². The highest BCUT2D eigenvalue weighted by Gasteiger charge is 2.21. The summed E-state index contributed by atoms with van der Waals surface area (Å²) in [6, 6.07) is 108. The molecule has 9 heteroatoms. The predicted octanol–water partition coefficient (Wildman–Crippen LogP) is 25.3. The molecular weight excluding hydrogens is 1190 g/mol. The Bertz CT molecular complexity index is 6360. The van der Waals surface area contributed by atoms with Gasteiger partial charge in [0.2, 0.25) is 11.8 Å². The summed E-state index contributed by atoms with van der Waals surface area (Å²) in [5, 5.41) is 22.4. The molecule has 20 rings (SSSR count). The first kappa shape index (κ1) is 55.4. The number of aromatic nitrogens is 2. The number of para-hydroxylation sites is 2. The molecule has 0 fully saturated rings. The minimum Gasteiger partial charge on any atom is -0.456 e. The molecule has 0 aliphatic rings. The normalized spacial score (nSPS) is 11.6. The number of benzene rings is 16. The number of anilines is 5. The topological polar surface area (TPSA) is 93.6 Å². The molecule has 16 aromatic carbocycles. The first-order valence-electron chi connectivity index (χ1n) is 31.6. The van der Waals surface area contributed by atoms with Gasteiger partial charge < -0.3 is 27.9 Å². The van der Waals surface area contributed by atoms with E-state index in [1.165, 1.54) is 21.5 Å². The third kappa shape index (κ3) is 9.96. The average Bonchev–Trinajstić information content (AvgIpc) is 1.75. The second-order valence-corrected chi connectivity index (χ2v) is 24.2. The molecule has 8 nitrogen and oxygen atoms in total. The minimum absolute atomic E-state index is 0.624. The number of halogens is 1. The highest BCUT2D eigenvalue weighted by Crippen LogP contribution is 2.45. The number of nitrogens with one attached hydrogen (secondary N) is 1. The molecule has 0 radical (unpaired) electrons.